The molecule has 1 unspecified atom stereocenters. The second-order valence-electron chi connectivity index (χ2n) is 4.14. The summed E-state index contributed by atoms with van der Waals surface area (Å²) in [6.45, 7) is 2.61. The van der Waals surface area contributed by atoms with Crippen molar-refractivity contribution in [2.24, 2.45) is 0 Å². The minimum absolute atomic E-state index is 0.0686. The van der Waals surface area contributed by atoms with Crippen molar-refractivity contribution in [3.8, 4) is 0 Å². The molecule has 3 nitrogen and oxygen atoms in total. The summed E-state index contributed by atoms with van der Waals surface area (Å²) in [6, 6.07) is 3.62. The van der Waals surface area contributed by atoms with Gasteiger partial charge in [0.2, 0.25) is 0 Å². The van der Waals surface area contributed by atoms with Gasteiger partial charge in [-0.05, 0) is 25.1 Å². The minimum Gasteiger partial charge on any atom is -0.309 e. The van der Waals surface area contributed by atoms with Gasteiger partial charge in [0, 0.05) is 24.2 Å². The van der Waals surface area contributed by atoms with Crippen molar-refractivity contribution >= 4 is 0 Å². The maximum absolute atomic E-state index is 13.7. The van der Waals surface area contributed by atoms with Gasteiger partial charge < -0.3 is 5.32 Å². The molecule has 1 aromatic carbocycles. The molecular formula is C14H15F2N3. The summed E-state index contributed by atoms with van der Waals surface area (Å²) in [5, 5.41) is 3.17. The van der Waals surface area contributed by atoms with Crippen LogP contribution in [0.2, 0.25) is 0 Å². The summed E-state index contributed by atoms with van der Waals surface area (Å²) >= 11 is 0. The Morgan fingerprint density at radius 1 is 1.21 bits per heavy atom. The fraction of sp³-hybridized carbons (Fsp3) is 0.286. The molecule has 1 heterocycles. The van der Waals surface area contributed by atoms with Gasteiger partial charge in [0.25, 0.3) is 0 Å². The Hall–Kier alpha value is -1.88. The Kier molecular flexibility index (Phi) is 4.52. The van der Waals surface area contributed by atoms with Gasteiger partial charge in [-0.2, -0.15) is 0 Å². The highest BCUT2D eigenvalue weighted by atomic mass is 19.1. The summed E-state index contributed by atoms with van der Waals surface area (Å²) < 4.78 is 27.3. The van der Waals surface area contributed by atoms with E-state index in [1.54, 1.807) is 18.6 Å². The van der Waals surface area contributed by atoms with E-state index in [-0.39, 0.29) is 18.0 Å². The molecule has 2 rings (SSSR count). The number of hydrogen-bond donors (Lipinski definition) is 1. The van der Waals surface area contributed by atoms with Gasteiger partial charge in [0.05, 0.1) is 11.7 Å². The molecule has 19 heavy (non-hydrogen) atoms. The molecule has 1 atom stereocenters. The predicted octanol–water partition coefficient (Wildman–Crippen LogP) is 2.65. The second-order valence-corrected chi connectivity index (χ2v) is 4.14. The van der Waals surface area contributed by atoms with Crippen LogP contribution in [0.25, 0.3) is 0 Å². The molecule has 1 aromatic heterocycles. The topological polar surface area (TPSA) is 37.8 Å². The Balaban J connectivity index is 2.27. The van der Waals surface area contributed by atoms with Gasteiger partial charge in [0.1, 0.15) is 11.6 Å². The molecule has 5 heteroatoms. The average Bonchev–Trinajstić information content (AvgIpc) is 2.43. The quantitative estimate of drug-likeness (QED) is 0.901. The van der Waals surface area contributed by atoms with Crippen molar-refractivity contribution in [1.29, 1.82) is 0 Å². The highest BCUT2D eigenvalue weighted by molar-refractivity contribution is 5.22. The van der Waals surface area contributed by atoms with E-state index in [0.29, 0.717) is 12.2 Å². The van der Waals surface area contributed by atoms with E-state index in [1.165, 1.54) is 18.2 Å². The molecule has 0 saturated heterocycles. The van der Waals surface area contributed by atoms with Gasteiger partial charge in [0.15, 0.2) is 0 Å². The first kappa shape index (κ1) is 13.5. The molecule has 2 aromatic rings. The van der Waals surface area contributed by atoms with E-state index in [1.807, 2.05) is 6.92 Å². The number of nitrogens with one attached hydrogen (secondary N) is 1. The first-order valence-electron chi connectivity index (χ1n) is 6.14. The number of rotatable bonds is 5. The van der Waals surface area contributed by atoms with Crippen molar-refractivity contribution in [2.45, 2.75) is 19.4 Å². The zero-order valence-electron chi connectivity index (χ0n) is 10.6. The summed E-state index contributed by atoms with van der Waals surface area (Å²) in [6.07, 6.45) is 4.94. The number of aromatic nitrogens is 2. The van der Waals surface area contributed by atoms with Crippen molar-refractivity contribution in [2.75, 3.05) is 6.54 Å². The first-order valence-corrected chi connectivity index (χ1v) is 6.14. The maximum Gasteiger partial charge on any atom is 0.129 e. The minimum atomic E-state index is -0.535. The maximum atomic E-state index is 13.7. The molecule has 0 saturated carbocycles. The van der Waals surface area contributed by atoms with Crippen molar-refractivity contribution in [1.82, 2.24) is 15.3 Å². The van der Waals surface area contributed by atoms with E-state index in [0.717, 1.165) is 0 Å². The fourth-order valence-electron chi connectivity index (χ4n) is 1.95. The van der Waals surface area contributed by atoms with Gasteiger partial charge >= 0.3 is 0 Å². The number of hydrogen-bond acceptors (Lipinski definition) is 3. The van der Waals surface area contributed by atoms with Crippen LogP contribution in [-0.2, 0) is 6.42 Å². The van der Waals surface area contributed by atoms with E-state index >= 15 is 0 Å². The van der Waals surface area contributed by atoms with E-state index < -0.39 is 11.6 Å². The van der Waals surface area contributed by atoms with Gasteiger partial charge in [-0.25, -0.2) is 8.78 Å². The Labute approximate surface area is 110 Å². The lowest BCUT2D eigenvalue weighted by Gasteiger charge is -2.17. The Bertz CT molecular complexity index is 511. The molecule has 0 fully saturated rings. The smallest absolute Gasteiger partial charge is 0.129 e. The summed E-state index contributed by atoms with van der Waals surface area (Å²) in [5.74, 6) is -1.07. The molecule has 100 valence electrons. The molecule has 0 bridgehead atoms. The van der Waals surface area contributed by atoms with E-state index in [9.17, 15) is 8.78 Å². The van der Waals surface area contributed by atoms with Gasteiger partial charge in [-0.1, -0.05) is 13.0 Å². The lowest BCUT2D eigenvalue weighted by Crippen LogP contribution is -2.24. The fourth-order valence-corrected chi connectivity index (χ4v) is 1.95. The number of benzene rings is 1. The SMILES string of the molecule is CCNC(Cc1c(F)cccc1F)c1cnccn1. The van der Waals surface area contributed by atoms with Crippen molar-refractivity contribution < 1.29 is 8.78 Å². The van der Waals surface area contributed by atoms with Crippen LogP contribution in [0.3, 0.4) is 0 Å². The van der Waals surface area contributed by atoms with Crippen LogP contribution in [0, 0.1) is 11.6 Å². The third-order valence-electron chi connectivity index (χ3n) is 2.86. The highest BCUT2D eigenvalue weighted by Crippen LogP contribution is 2.20. The van der Waals surface area contributed by atoms with Crippen LogP contribution < -0.4 is 5.32 Å². The molecule has 0 amide bonds. The van der Waals surface area contributed by atoms with Crippen LogP contribution >= 0.6 is 0 Å². The lowest BCUT2D eigenvalue weighted by atomic mass is 10.0. The van der Waals surface area contributed by atoms with Crippen molar-refractivity contribution in [3.63, 3.8) is 0 Å². The summed E-state index contributed by atoms with van der Waals surface area (Å²) in [5.41, 5.74) is 0.742. The molecular weight excluding hydrogens is 248 g/mol. The average molecular weight is 263 g/mol. The van der Waals surface area contributed by atoms with Crippen molar-refractivity contribution in [3.05, 3.63) is 59.7 Å². The van der Waals surface area contributed by atoms with Crippen LogP contribution in [0.15, 0.2) is 36.8 Å². The van der Waals surface area contributed by atoms with Gasteiger partial charge in [-0.15, -0.1) is 0 Å². The molecule has 0 aliphatic rings. The summed E-state index contributed by atoms with van der Waals surface area (Å²) in [7, 11) is 0. The van der Waals surface area contributed by atoms with Crippen LogP contribution in [0.4, 0.5) is 8.78 Å². The largest absolute Gasteiger partial charge is 0.309 e. The van der Waals surface area contributed by atoms with E-state index in [2.05, 4.69) is 15.3 Å². The normalized spacial score (nSPS) is 12.4. The van der Waals surface area contributed by atoms with E-state index in [4.69, 9.17) is 0 Å². The Morgan fingerprint density at radius 2 is 1.95 bits per heavy atom. The third-order valence-corrected chi connectivity index (χ3v) is 2.86. The van der Waals surface area contributed by atoms with Crippen LogP contribution in [0.5, 0.6) is 0 Å². The number of nitrogens with zero attached hydrogens (tertiary/aromatic N) is 2. The number of halogens is 2. The lowest BCUT2D eigenvalue weighted by molar-refractivity contribution is 0.491. The molecule has 0 aliphatic carbocycles. The molecule has 0 aliphatic heterocycles. The zero-order chi connectivity index (χ0) is 13.7. The predicted molar refractivity (Wildman–Crippen MR) is 68.5 cm³/mol. The zero-order valence-corrected chi connectivity index (χ0v) is 10.6. The van der Waals surface area contributed by atoms with Crippen LogP contribution in [-0.4, -0.2) is 16.5 Å². The standard InChI is InChI=1S/C14H15F2N3/c1-2-18-13(14-9-17-6-7-19-14)8-10-11(15)4-3-5-12(10)16/h3-7,9,13,18H,2,8H2,1H3. The monoisotopic (exact) mass is 263 g/mol. The second kappa shape index (κ2) is 6.33. The highest BCUT2D eigenvalue weighted by Gasteiger charge is 2.17. The molecule has 0 radical (unpaired) electrons. The molecule has 1 N–H and O–H groups in total. The molecule has 0 spiro atoms. The number of likely N-dealkylation sites (N-methyl/N-ethyl adjacent to an activating group) is 1. The van der Waals surface area contributed by atoms with Crippen LogP contribution in [0.1, 0.15) is 24.2 Å². The third kappa shape index (κ3) is 3.32. The van der Waals surface area contributed by atoms with Gasteiger partial charge in [-0.3, -0.25) is 9.97 Å². The Morgan fingerprint density at radius 3 is 2.53 bits per heavy atom. The summed E-state index contributed by atoms with van der Waals surface area (Å²) in [4.78, 5) is 8.17. The first-order chi connectivity index (χ1) is 9.22.